The molecule has 0 aliphatic carbocycles. The van der Waals surface area contributed by atoms with Gasteiger partial charge in [0.05, 0.1) is 22.5 Å². The van der Waals surface area contributed by atoms with E-state index in [4.69, 9.17) is 11.6 Å². The van der Waals surface area contributed by atoms with Gasteiger partial charge in [-0.3, -0.25) is 4.79 Å². The number of hydrogen-bond acceptors (Lipinski definition) is 5. The third-order valence-electron chi connectivity index (χ3n) is 4.77. The zero-order valence-corrected chi connectivity index (χ0v) is 16.3. The molecule has 1 aliphatic rings. The molecule has 0 saturated carbocycles. The molecule has 0 N–H and O–H groups in total. The van der Waals surface area contributed by atoms with E-state index in [1.807, 2.05) is 23.1 Å². The lowest BCUT2D eigenvalue weighted by Gasteiger charge is -2.36. The molecular formula is C19H16ClF3N6O. The quantitative estimate of drug-likeness (QED) is 0.630. The summed E-state index contributed by atoms with van der Waals surface area (Å²) in [7, 11) is 0. The number of benzene rings is 1. The second kappa shape index (κ2) is 7.94. The molecule has 1 aliphatic heterocycles. The summed E-state index contributed by atoms with van der Waals surface area (Å²) in [4.78, 5) is 23.9. The van der Waals surface area contributed by atoms with Crippen LogP contribution in [-0.4, -0.2) is 56.7 Å². The Morgan fingerprint density at radius 2 is 1.67 bits per heavy atom. The van der Waals surface area contributed by atoms with Crippen molar-refractivity contribution in [2.45, 2.75) is 6.18 Å². The second-order valence-corrected chi connectivity index (χ2v) is 7.00. The lowest BCUT2D eigenvalue weighted by molar-refractivity contribution is -0.143. The highest BCUT2D eigenvalue weighted by Crippen LogP contribution is 2.34. The second-order valence-electron chi connectivity index (χ2n) is 6.60. The largest absolute Gasteiger partial charge is 0.434 e. The first-order valence-electron chi connectivity index (χ1n) is 9.07. The van der Waals surface area contributed by atoms with E-state index in [2.05, 4.69) is 15.1 Å². The van der Waals surface area contributed by atoms with E-state index in [1.165, 1.54) is 23.4 Å². The fourth-order valence-corrected chi connectivity index (χ4v) is 3.61. The summed E-state index contributed by atoms with van der Waals surface area (Å²) < 4.78 is 41.9. The van der Waals surface area contributed by atoms with Crippen LogP contribution in [0.5, 0.6) is 0 Å². The van der Waals surface area contributed by atoms with Crippen molar-refractivity contribution in [3.05, 3.63) is 65.2 Å². The lowest BCUT2D eigenvalue weighted by atomic mass is 10.1. The maximum Gasteiger partial charge on any atom is 0.434 e. The number of rotatable bonds is 3. The van der Waals surface area contributed by atoms with Gasteiger partial charge in [-0.2, -0.15) is 23.0 Å². The van der Waals surface area contributed by atoms with Crippen LogP contribution in [0.15, 0.2) is 48.9 Å². The van der Waals surface area contributed by atoms with Crippen LogP contribution in [0.2, 0.25) is 5.02 Å². The molecule has 11 heteroatoms. The average Bonchev–Trinajstić information content (AvgIpc) is 3.20. The highest BCUT2D eigenvalue weighted by Gasteiger charge is 2.42. The number of para-hydroxylation sites is 1. The topological polar surface area (TPSA) is 67.2 Å². The molecule has 1 amide bonds. The summed E-state index contributed by atoms with van der Waals surface area (Å²) in [6.45, 7) is 1.42. The number of carbonyl (C=O) groups excluding carboxylic acids is 1. The standard InChI is InChI=1S/C19H16ClF3N6O/c20-14-4-1-2-5-15(14)27-8-10-28(11-9-27)17(30)13-12-26-29(16(13)19(21,22)23)18-24-6-3-7-25-18/h1-7,12H,8-11H2. The summed E-state index contributed by atoms with van der Waals surface area (Å²) >= 11 is 6.21. The molecule has 0 radical (unpaired) electrons. The predicted octanol–water partition coefficient (Wildman–Crippen LogP) is 3.30. The van der Waals surface area contributed by atoms with Crippen molar-refractivity contribution in [2.75, 3.05) is 31.1 Å². The van der Waals surface area contributed by atoms with Gasteiger partial charge in [-0.1, -0.05) is 23.7 Å². The molecule has 1 fully saturated rings. The SMILES string of the molecule is O=C(c1cnn(-c2ncccn2)c1C(F)(F)F)N1CCN(c2ccccc2Cl)CC1. The predicted molar refractivity (Wildman–Crippen MR) is 104 cm³/mol. The summed E-state index contributed by atoms with van der Waals surface area (Å²) in [5.41, 5.74) is -0.885. The van der Waals surface area contributed by atoms with Crippen molar-refractivity contribution in [1.29, 1.82) is 0 Å². The van der Waals surface area contributed by atoms with E-state index in [0.717, 1.165) is 11.9 Å². The van der Waals surface area contributed by atoms with Gasteiger partial charge >= 0.3 is 6.18 Å². The van der Waals surface area contributed by atoms with Crippen molar-refractivity contribution < 1.29 is 18.0 Å². The Morgan fingerprint density at radius 3 is 2.30 bits per heavy atom. The Morgan fingerprint density at radius 1 is 1.00 bits per heavy atom. The maximum atomic E-state index is 13.8. The summed E-state index contributed by atoms with van der Waals surface area (Å²) in [5.74, 6) is -0.990. The fourth-order valence-electron chi connectivity index (χ4n) is 3.36. The Kier molecular flexibility index (Phi) is 5.33. The zero-order valence-electron chi connectivity index (χ0n) is 15.6. The van der Waals surface area contributed by atoms with E-state index in [1.54, 1.807) is 6.07 Å². The van der Waals surface area contributed by atoms with Crippen molar-refractivity contribution >= 4 is 23.2 Å². The number of aromatic nitrogens is 4. The molecule has 0 spiro atoms. The van der Waals surface area contributed by atoms with Crippen LogP contribution in [0, 0.1) is 0 Å². The van der Waals surface area contributed by atoms with Crippen molar-refractivity contribution in [2.24, 2.45) is 0 Å². The van der Waals surface area contributed by atoms with E-state index < -0.39 is 23.3 Å². The van der Waals surface area contributed by atoms with Crippen LogP contribution >= 0.6 is 11.6 Å². The van der Waals surface area contributed by atoms with Crippen LogP contribution < -0.4 is 4.90 Å². The van der Waals surface area contributed by atoms with Crippen LogP contribution in [-0.2, 0) is 6.18 Å². The third kappa shape index (κ3) is 3.82. The summed E-state index contributed by atoms with van der Waals surface area (Å²) in [5, 5.41) is 4.32. The molecule has 1 saturated heterocycles. The minimum absolute atomic E-state index is 0.257. The Balaban J connectivity index is 1.57. The van der Waals surface area contributed by atoms with Gasteiger partial charge in [0.15, 0.2) is 5.69 Å². The zero-order chi connectivity index (χ0) is 21.3. The van der Waals surface area contributed by atoms with E-state index in [9.17, 15) is 18.0 Å². The number of alkyl halides is 3. The Labute approximate surface area is 174 Å². The van der Waals surface area contributed by atoms with Gasteiger partial charge in [-0.15, -0.1) is 0 Å². The first-order chi connectivity index (χ1) is 14.4. The molecule has 0 unspecified atom stereocenters. The van der Waals surface area contributed by atoms with Gasteiger partial charge in [0.1, 0.15) is 0 Å². The number of halogens is 4. The van der Waals surface area contributed by atoms with Crippen LogP contribution in [0.25, 0.3) is 5.95 Å². The number of piperazine rings is 1. The van der Waals surface area contributed by atoms with Crippen LogP contribution in [0.1, 0.15) is 16.1 Å². The Hall–Kier alpha value is -3.14. The number of anilines is 1. The highest BCUT2D eigenvalue weighted by molar-refractivity contribution is 6.33. The van der Waals surface area contributed by atoms with Gasteiger partial charge in [0.2, 0.25) is 0 Å². The molecule has 30 heavy (non-hydrogen) atoms. The number of amides is 1. The molecule has 4 rings (SSSR count). The van der Waals surface area contributed by atoms with Gasteiger partial charge in [0.25, 0.3) is 11.9 Å². The molecule has 3 aromatic rings. The van der Waals surface area contributed by atoms with E-state index in [0.29, 0.717) is 22.8 Å². The lowest BCUT2D eigenvalue weighted by Crippen LogP contribution is -2.49. The van der Waals surface area contributed by atoms with Crippen molar-refractivity contribution in [3.8, 4) is 5.95 Å². The minimum Gasteiger partial charge on any atom is -0.367 e. The highest BCUT2D eigenvalue weighted by atomic mass is 35.5. The molecule has 1 aromatic carbocycles. The van der Waals surface area contributed by atoms with Crippen molar-refractivity contribution in [1.82, 2.24) is 24.6 Å². The summed E-state index contributed by atoms with van der Waals surface area (Å²) in [6.07, 6.45) is -1.28. The van der Waals surface area contributed by atoms with Crippen LogP contribution in [0.3, 0.4) is 0 Å². The Bertz CT molecular complexity index is 1050. The van der Waals surface area contributed by atoms with Gasteiger partial charge < -0.3 is 9.80 Å². The van der Waals surface area contributed by atoms with Crippen LogP contribution in [0.4, 0.5) is 18.9 Å². The average molecular weight is 437 g/mol. The molecule has 3 heterocycles. The number of nitrogens with zero attached hydrogens (tertiary/aromatic N) is 6. The van der Waals surface area contributed by atoms with Crippen molar-refractivity contribution in [3.63, 3.8) is 0 Å². The monoisotopic (exact) mass is 436 g/mol. The van der Waals surface area contributed by atoms with Gasteiger partial charge in [-0.25, -0.2) is 9.97 Å². The molecule has 0 atom stereocenters. The molecular weight excluding hydrogens is 421 g/mol. The fraction of sp³-hybridized carbons (Fsp3) is 0.263. The normalized spacial score (nSPS) is 14.8. The minimum atomic E-state index is -4.81. The van der Waals surface area contributed by atoms with E-state index in [-0.39, 0.29) is 19.0 Å². The number of carbonyl (C=O) groups is 1. The molecule has 2 aromatic heterocycles. The van der Waals surface area contributed by atoms with E-state index >= 15 is 0 Å². The third-order valence-corrected chi connectivity index (χ3v) is 5.09. The molecule has 7 nitrogen and oxygen atoms in total. The van der Waals surface area contributed by atoms with Gasteiger partial charge in [-0.05, 0) is 18.2 Å². The first kappa shape index (κ1) is 20.1. The summed E-state index contributed by atoms with van der Waals surface area (Å²) in [6, 6.07) is 8.78. The first-order valence-corrected chi connectivity index (χ1v) is 9.45. The molecule has 156 valence electrons. The van der Waals surface area contributed by atoms with Gasteiger partial charge in [0, 0.05) is 38.6 Å². The smallest absolute Gasteiger partial charge is 0.367 e. The number of hydrogen-bond donors (Lipinski definition) is 0. The maximum absolute atomic E-state index is 13.8. The molecule has 0 bridgehead atoms.